The Bertz CT molecular complexity index is 267. The maximum atomic E-state index is 2.77. The van der Waals surface area contributed by atoms with Gasteiger partial charge in [-0.2, -0.15) is 0 Å². The normalized spacial score (nSPS) is 23.7. The molecule has 0 N–H and O–H groups in total. The van der Waals surface area contributed by atoms with Gasteiger partial charge in [-0.3, -0.25) is 4.90 Å². The second-order valence-corrected chi connectivity index (χ2v) is 7.42. The second-order valence-electron chi connectivity index (χ2n) is 7.42. The summed E-state index contributed by atoms with van der Waals surface area (Å²) in [6.45, 7) is 18.4. The van der Waals surface area contributed by atoms with Crippen molar-refractivity contribution in [3.8, 4) is 0 Å². The standard InChI is InChI=1S/C17H35N3.In/c1-15(2)5-8-18-11-13-20(14-12-18)17-6-9-19(10-7-17)16(3)4;/h15-17H,5-14H2,1-4H3;. The molecule has 2 rings (SSSR count). The molecule has 0 unspecified atom stereocenters. The number of nitrogens with zero attached hydrogens (tertiary/aromatic N) is 3. The van der Waals surface area contributed by atoms with E-state index in [4.69, 9.17) is 0 Å². The molecule has 0 atom stereocenters. The summed E-state index contributed by atoms with van der Waals surface area (Å²) in [6, 6.07) is 1.58. The zero-order valence-electron chi connectivity index (χ0n) is 14.7. The SMILES string of the molecule is CC(C)CCN1CCN(C2CCN(C(C)C)CC2)CC1.[In]. The third-order valence-corrected chi connectivity index (χ3v) is 5.18. The minimum Gasteiger partial charge on any atom is -0.301 e. The summed E-state index contributed by atoms with van der Waals surface area (Å²) < 4.78 is 0. The molecule has 0 spiro atoms. The van der Waals surface area contributed by atoms with Crippen LogP contribution in [0, 0.1) is 5.92 Å². The molecule has 0 aromatic carbocycles. The number of piperazine rings is 1. The molecule has 0 aliphatic carbocycles. The minimum atomic E-state index is 0. The van der Waals surface area contributed by atoms with E-state index in [0.29, 0.717) is 0 Å². The Hall–Kier alpha value is 0.750. The first-order valence-electron chi connectivity index (χ1n) is 8.76. The molecule has 0 amide bonds. The average molecular weight is 396 g/mol. The van der Waals surface area contributed by atoms with E-state index >= 15 is 0 Å². The van der Waals surface area contributed by atoms with Crippen molar-refractivity contribution in [3.63, 3.8) is 0 Å². The van der Waals surface area contributed by atoms with Crippen LogP contribution in [0.1, 0.15) is 47.0 Å². The van der Waals surface area contributed by atoms with Crippen LogP contribution in [0.3, 0.4) is 0 Å². The van der Waals surface area contributed by atoms with Crippen molar-refractivity contribution >= 4 is 25.8 Å². The van der Waals surface area contributed by atoms with Gasteiger partial charge in [-0.25, -0.2) is 0 Å². The van der Waals surface area contributed by atoms with Gasteiger partial charge in [0.1, 0.15) is 0 Å². The zero-order chi connectivity index (χ0) is 14.5. The fourth-order valence-corrected chi connectivity index (χ4v) is 3.56. The first-order chi connectivity index (χ1) is 9.56. The van der Waals surface area contributed by atoms with Crippen LogP contribution < -0.4 is 0 Å². The third kappa shape index (κ3) is 6.40. The molecule has 0 bridgehead atoms. The zero-order valence-corrected chi connectivity index (χ0v) is 18.0. The quantitative estimate of drug-likeness (QED) is 0.705. The molecule has 0 aromatic rings. The Morgan fingerprint density at radius 3 is 1.90 bits per heavy atom. The van der Waals surface area contributed by atoms with Gasteiger partial charge in [-0.1, -0.05) is 13.8 Å². The van der Waals surface area contributed by atoms with Crippen molar-refractivity contribution in [2.75, 3.05) is 45.8 Å². The molecular formula is C17H35InN3. The van der Waals surface area contributed by atoms with E-state index in [9.17, 15) is 0 Å². The largest absolute Gasteiger partial charge is 0.301 e. The van der Waals surface area contributed by atoms with Crippen molar-refractivity contribution < 1.29 is 0 Å². The summed E-state index contributed by atoms with van der Waals surface area (Å²) in [5.74, 6) is 0.841. The van der Waals surface area contributed by atoms with E-state index in [1.54, 1.807) is 0 Å². The van der Waals surface area contributed by atoms with Crippen molar-refractivity contribution in [3.05, 3.63) is 0 Å². The van der Waals surface area contributed by atoms with Crippen LogP contribution in [0.15, 0.2) is 0 Å². The van der Waals surface area contributed by atoms with E-state index in [1.165, 1.54) is 65.1 Å². The number of hydrogen-bond acceptors (Lipinski definition) is 3. The van der Waals surface area contributed by atoms with E-state index < -0.39 is 0 Å². The summed E-state index contributed by atoms with van der Waals surface area (Å²) in [5, 5.41) is 0. The number of likely N-dealkylation sites (tertiary alicyclic amines) is 1. The van der Waals surface area contributed by atoms with Crippen molar-refractivity contribution in [2.45, 2.75) is 59.0 Å². The summed E-state index contributed by atoms with van der Waals surface area (Å²) in [5.41, 5.74) is 0. The predicted octanol–water partition coefficient (Wildman–Crippen LogP) is 2.14. The van der Waals surface area contributed by atoms with Crippen molar-refractivity contribution in [1.82, 2.24) is 14.7 Å². The Labute approximate surface area is 151 Å². The third-order valence-electron chi connectivity index (χ3n) is 5.18. The Kier molecular flexibility index (Phi) is 9.23. The van der Waals surface area contributed by atoms with Gasteiger partial charge >= 0.3 is 0 Å². The number of rotatable bonds is 5. The van der Waals surface area contributed by atoms with E-state index in [1.807, 2.05) is 0 Å². The van der Waals surface area contributed by atoms with Gasteiger partial charge in [0, 0.05) is 64.1 Å². The van der Waals surface area contributed by atoms with Crippen LogP contribution in [-0.2, 0) is 0 Å². The van der Waals surface area contributed by atoms with Gasteiger partial charge in [0.2, 0.25) is 0 Å². The molecule has 2 fully saturated rings. The van der Waals surface area contributed by atoms with Gasteiger partial charge in [-0.05, 0) is 58.7 Å². The smallest absolute Gasteiger partial charge is 0.0121 e. The monoisotopic (exact) mass is 396 g/mol. The molecule has 0 saturated carbocycles. The summed E-state index contributed by atoms with van der Waals surface area (Å²) in [4.78, 5) is 8.07. The van der Waals surface area contributed by atoms with Gasteiger partial charge in [0.05, 0.1) is 0 Å². The summed E-state index contributed by atoms with van der Waals surface area (Å²) in [6.07, 6.45) is 4.11. The molecule has 2 heterocycles. The topological polar surface area (TPSA) is 9.72 Å². The van der Waals surface area contributed by atoms with Crippen LogP contribution in [0.4, 0.5) is 0 Å². The Balaban J connectivity index is 0.00000220. The maximum Gasteiger partial charge on any atom is 0.0121 e. The maximum absolute atomic E-state index is 2.77. The van der Waals surface area contributed by atoms with Crippen molar-refractivity contribution in [1.29, 1.82) is 0 Å². The molecule has 3 nitrogen and oxygen atoms in total. The fourth-order valence-electron chi connectivity index (χ4n) is 3.56. The van der Waals surface area contributed by atoms with Gasteiger partial charge < -0.3 is 9.80 Å². The minimum absolute atomic E-state index is 0. The molecule has 0 aromatic heterocycles. The molecular weight excluding hydrogens is 361 g/mol. The molecule has 3 radical (unpaired) electrons. The molecule has 21 heavy (non-hydrogen) atoms. The van der Waals surface area contributed by atoms with Crippen LogP contribution >= 0.6 is 0 Å². The van der Waals surface area contributed by atoms with Gasteiger partial charge in [0.25, 0.3) is 0 Å². The summed E-state index contributed by atoms with van der Waals surface area (Å²) >= 11 is 0. The van der Waals surface area contributed by atoms with Gasteiger partial charge in [0.15, 0.2) is 0 Å². The molecule has 2 aliphatic rings. The van der Waals surface area contributed by atoms with Crippen LogP contribution in [0.2, 0.25) is 0 Å². The molecule has 4 heteroatoms. The Morgan fingerprint density at radius 2 is 1.43 bits per heavy atom. The van der Waals surface area contributed by atoms with Crippen LogP contribution in [-0.4, -0.2) is 98.4 Å². The summed E-state index contributed by atoms with van der Waals surface area (Å²) in [7, 11) is 0. The van der Waals surface area contributed by atoms with Crippen LogP contribution in [0.25, 0.3) is 0 Å². The number of hydrogen-bond donors (Lipinski definition) is 0. The van der Waals surface area contributed by atoms with E-state index in [-0.39, 0.29) is 25.8 Å². The Morgan fingerprint density at radius 1 is 0.857 bits per heavy atom. The predicted molar refractivity (Wildman–Crippen MR) is 93.0 cm³/mol. The molecule has 121 valence electrons. The van der Waals surface area contributed by atoms with Crippen molar-refractivity contribution in [2.24, 2.45) is 5.92 Å². The molecule has 2 aliphatic heterocycles. The second kappa shape index (κ2) is 9.79. The fraction of sp³-hybridized carbons (Fsp3) is 1.00. The average Bonchev–Trinajstić information content (AvgIpc) is 2.46. The van der Waals surface area contributed by atoms with Gasteiger partial charge in [-0.15, -0.1) is 0 Å². The van der Waals surface area contributed by atoms with E-state index in [2.05, 4.69) is 42.4 Å². The first kappa shape index (κ1) is 19.8. The first-order valence-corrected chi connectivity index (χ1v) is 8.76. The number of piperidine rings is 1. The molecule has 2 saturated heterocycles. The van der Waals surface area contributed by atoms with E-state index in [0.717, 1.165) is 18.0 Å². The van der Waals surface area contributed by atoms with Crippen LogP contribution in [0.5, 0.6) is 0 Å².